The molecule has 8 heteroatoms. The number of carbonyl (C=O) groups is 3. The zero-order valence-electron chi connectivity index (χ0n) is 18.8. The van der Waals surface area contributed by atoms with Crippen LogP contribution >= 0.6 is 24.0 Å². The number of fused-ring (bicyclic) bond motifs is 1. The number of nitrogens with one attached hydrogen (secondary N) is 1. The third-order valence-corrected chi connectivity index (χ3v) is 7.23. The van der Waals surface area contributed by atoms with E-state index in [-0.39, 0.29) is 24.3 Å². The molecule has 4 rings (SSSR count). The molecule has 2 aliphatic rings. The molecule has 0 radical (unpaired) electrons. The highest BCUT2D eigenvalue weighted by Crippen LogP contribution is 2.44. The molecule has 0 bridgehead atoms. The van der Waals surface area contributed by atoms with Crippen LogP contribution in [0.25, 0.3) is 5.57 Å². The molecule has 33 heavy (non-hydrogen) atoms. The predicted octanol–water partition coefficient (Wildman–Crippen LogP) is 4.66. The Bertz CT molecular complexity index is 1180. The maximum absolute atomic E-state index is 13.5. The van der Waals surface area contributed by atoms with Gasteiger partial charge in [0.25, 0.3) is 11.8 Å². The van der Waals surface area contributed by atoms with E-state index < -0.39 is 0 Å². The summed E-state index contributed by atoms with van der Waals surface area (Å²) in [7, 11) is 0. The Balaban J connectivity index is 1.64. The standard InChI is InChI=1S/C25H25N3O3S2/c1-4-5-13-27-24(31)22(33-25(27)32)20-17-11-6-7-12-18(17)28(23(20)30)14-19(29)26-21-15(2)9-8-10-16(21)3/h6-12H,4-5,13-14H2,1-3H3,(H,26,29). The summed E-state index contributed by atoms with van der Waals surface area (Å²) in [6.07, 6.45) is 1.78. The summed E-state index contributed by atoms with van der Waals surface area (Å²) < 4.78 is 0.465. The van der Waals surface area contributed by atoms with Crippen LogP contribution < -0.4 is 10.2 Å². The summed E-state index contributed by atoms with van der Waals surface area (Å²) in [5, 5.41) is 2.94. The third kappa shape index (κ3) is 4.32. The second-order valence-corrected chi connectivity index (χ2v) is 9.75. The van der Waals surface area contributed by atoms with Crippen molar-refractivity contribution in [1.29, 1.82) is 0 Å². The molecule has 1 saturated heterocycles. The summed E-state index contributed by atoms with van der Waals surface area (Å²) in [6, 6.07) is 13.0. The number of aryl methyl sites for hydroxylation is 2. The summed E-state index contributed by atoms with van der Waals surface area (Å²) >= 11 is 6.59. The normalized spacial score (nSPS) is 17.7. The molecule has 6 nitrogen and oxygen atoms in total. The van der Waals surface area contributed by atoms with E-state index in [1.165, 1.54) is 4.90 Å². The van der Waals surface area contributed by atoms with Gasteiger partial charge in [0.1, 0.15) is 10.9 Å². The Morgan fingerprint density at radius 1 is 1.00 bits per heavy atom. The fourth-order valence-electron chi connectivity index (χ4n) is 4.05. The Morgan fingerprint density at radius 3 is 2.39 bits per heavy atom. The first-order chi connectivity index (χ1) is 15.8. The molecule has 2 aromatic carbocycles. The zero-order chi connectivity index (χ0) is 23.7. The molecule has 0 aliphatic carbocycles. The van der Waals surface area contributed by atoms with E-state index in [0.717, 1.165) is 41.4 Å². The lowest BCUT2D eigenvalue weighted by Crippen LogP contribution is -2.36. The van der Waals surface area contributed by atoms with Gasteiger partial charge in [0.05, 0.1) is 16.2 Å². The van der Waals surface area contributed by atoms with Gasteiger partial charge >= 0.3 is 0 Å². The van der Waals surface area contributed by atoms with Crippen molar-refractivity contribution in [2.24, 2.45) is 0 Å². The summed E-state index contributed by atoms with van der Waals surface area (Å²) in [6.45, 7) is 6.29. The molecule has 2 aromatic rings. The highest BCUT2D eigenvalue weighted by molar-refractivity contribution is 8.26. The van der Waals surface area contributed by atoms with Crippen molar-refractivity contribution in [2.45, 2.75) is 33.6 Å². The van der Waals surface area contributed by atoms with E-state index in [1.807, 2.05) is 57.2 Å². The molecular formula is C25H25N3O3S2. The highest BCUT2D eigenvalue weighted by atomic mass is 32.2. The minimum absolute atomic E-state index is 0.150. The van der Waals surface area contributed by atoms with Gasteiger partial charge in [0, 0.05) is 17.8 Å². The molecule has 0 aromatic heterocycles. The fourth-order valence-corrected chi connectivity index (χ4v) is 5.43. The molecule has 0 atom stereocenters. The number of unbranched alkanes of at least 4 members (excludes halogenated alkanes) is 1. The number of amides is 3. The van der Waals surface area contributed by atoms with Crippen LogP contribution in [0.15, 0.2) is 47.4 Å². The number of anilines is 2. The van der Waals surface area contributed by atoms with Crippen molar-refractivity contribution in [3.8, 4) is 0 Å². The van der Waals surface area contributed by atoms with Crippen LogP contribution in [-0.2, 0) is 14.4 Å². The van der Waals surface area contributed by atoms with Crippen LogP contribution in [0.5, 0.6) is 0 Å². The number of benzene rings is 2. The van der Waals surface area contributed by atoms with Gasteiger partial charge in [-0.05, 0) is 37.5 Å². The molecule has 2 aliphatic heterocycles. The van der Waals surface area contributed by atoms with E-state index in [9.17, 15) is 14.4 Å². The number of thioether (sulfide) groups is 1. The minimum atomic E-state index is -0.358. The van der Waals surface area contributed by atoms with E-state index in [1.54, 1.807) is 11.0 Å². The number of hydrogen-bond donors (Lipinski definition) is 1. The SMILES string of the molecule is CCCCN1C(=O)C(=C2C(=O)N(CC(=O)Nc3c(C)cccc3C)c3ccccc32)SC1=S. The van der Waals surface area contributed by atoms with E-state index in [4.69, 9.17) is 12.2 Å². The first-order valence-corrected chi connectivity index (χ1v) is 12.1. The maximum Gasteiger partial charge on any atom is 0.267 e. The topological polar surface area (TPSA) is 69.7 Å². The van der Waals surface area contributed by atoms with Crippen LogP contribution in [0.2, 0.25) is 0 Å². The number of carbonyl (C=O) groups excluding carboxylic acids is 3. The van der Waals surface area contributed by atoms with Crippen molar-refractivity contribution in [3.05, 3.63) is 64.1 Å². The van der Waals surface area contributed by atoms with Gasteiger partial charge in [0.15, 0.2) is 0 Å². The summed E-state index contributed by atoms with van der Waals surface area (Å²) in [5.74, 6) is -0.894. The number of thiocarbonyl (C=S) groups is 1. The van der Waals surface area contributed by atoms with Gasteiger partial charge in [-0.3, -0.25) is 24.2 Å². The Kier molecular flexibility index (Phi) is 6.67. The van der Waals surface area contributed by atoms with E-state index >= 15 is 0 Å². The average molecular weight is 480 g/mol. The molecule has 0 saturated carbocycles. The smallest absolute Gasteiger partial charge is 0.267 e. The third-order valence-electron chi connectivity index (χ3n) is 5.78. The Hall–Kier alpha value is -2.97. The zero-order valence-corrected chi connectivity index (χ0v) is 20.4. The van der Waals surface area contributed by atoms with Crippen molar-refractivity contribution in [1.82, 2.24) is 4.90 Å². The van der Waals surface area contributed by atoms with Gasteiger partial charge < -0.3 is 5.32 Å². The van der Waals surface area contributed by atoms with Gasteiger partial charge in [-0.2, -0.15) is 0 Å². The van der Waals surface area contributed by atoms with E-state index in [0.29, 0.717) is 32.6 Å². The summed E-state index contributed by atoms with van der Waals surface area (Å²) in [5.41, 5.74) is 4.24. The largest absolute Gasteiger partial charge is 0.324 e. The molecule has 1 fully saturated rings. The molecule has 0 spiro atoms. The van der Waals surface area contributed by atoms with Crippen LogP contribution in [-0.4, -0.2) is 40.0 Å². The fraction of sp³-hybridized carbons (Fsp3) is 0.280. The van der Waals surface area contributed by atoms with Crippen molar-refractivity contribution < 1.29 is 14.4 Å². The second-order valence-electron chi connectivity index (χ2n) is 8.11. The highest BCUT2D eigenvalue weighted by Gasteiger charge is 2.42. The summed E-state index contributed by atoms with van der Waals surface area (Å²) in [4.78, 5) is 42.9. The quantitative estimate of drug-likeness (QED) is 0.482. The lowest BCUT2D eigenvalue weighted by molar-refractivity contribution is -0.122. The first kappa shape index (κ1) is 23.2. The van der Waals surface area contributed by atoms with Crippen LogP contribution in [0.4, 0.5) is 11.4 Å². The van der Waals surface area contributed by atoms with E-state index in [2.05, 4.69) is 5.32 Å². The van der Waals surface area contributed by atoms with Crippen LogP contribution in [0.1, 0.15) is 36.5 Å². The number of nitrogens with zero attached hydrogens (tertiary/aromatic N) is 2. The number of hydrogen-bond acceptors (Lipinski definition) is 5. The van der Waals surface area contributed by atoms with Crippen molar-refractivity contribution in [3.63, 3.8) is 0 Å². The first-order valence-electron chi connectivity index (χ1n) is 10.9. The number of rotatable bonds is 6. The maximum atomic E-state index is 13.5. The molecule has 2 heterocycles. The van der Waals surface area contributed by atoms with Gasteiger partial charge in [-0.15, -0.1) is 0 Å². The van der Waals surface area contributed by atoms with Crippen LogP contribution in [0, 0.1) is 13.8 Å². The van der Waals surface area contributed by atoms with Gasteiger partial charge in [-0.25, -0.2) is 0 Å². The second kappa shape index (κ2) is 9.49. The van der Waals surface area contributed by atoms with Crippen molar-refractivity contribution in [2.75, 3.05) is 23.3 Å². The monoisotopic (exact) mass is 479 g/mol. The lowest BCUT2D eigenvalue weighted by atomic mass is 10.1. The molecule has 3 amide bonds. The van der Waals surface area contributed by atoms with Gasteiger partial charge in [-0.1, -0.05) is 73.7 Å². The molecule has 1 N–H and O–H groups in total. The molecule has 170 valence electrons. The van der Waals surface area contributed by atoms with Crippen molar-refractivity contribution >= 4 is 63.0 Å². The Morgan fingerprint density at radius 2 is 1.70 bits per heavy atom. The minimum Gasteiger partial charge on any atom is -0.324 e. The number of para-hydroxylation sites is 2. The van der Waals surface area contributed by atoms with Gasteiger partial charge in [0.2, 0.25) is 5.91 Å². The average Bonchev–Trinajstić information content (AvgIpc) is 3.22. The predicted molar refractivity (Wildman–Crippen MR) is 137 cm³/mol. The molecular weight excluding hydrogens is 454 g/mol. The molecule has 0 unspecified atom stereocenters. The Labute approximate surface area is 203 Å². The lowest BCUT2D eigenvalue weighted by Gasteiger charge is -2.18. The van der Waals surface area contributed by atoms with Crippen LogP contribution in [0.3, 0.4) is 0 Å².